The van der Waals surface area contributed by atoms with Crippen molar-refractivity contribution in [2.45, 2.75) is 32.9 Å². The van der Waals surface area contributed by atoms with Gasteiger partial charge in [-0.05, 0) is 38.3 Å². The lowest BCUT2D eigenvalue weighted by atomic mass is 10.0. The quantitative estimate of drug-likeness (QED) is 0.621. The maximum absolute atomic E-state index is 11.1. The monoisotopic (exact) mass is 293 g/mol. The number of nitrogens with zero attached hydrogens (tertiary/aromatic N) is 2. The summed E-state index contributed by atoms with van der Waals surface area (Å²) < 4.78 is 0. The first-order valence-electron chi connectivity index (χ1n) is 7.43. The first-order valence-corrected chi connectivity index (χ1v) is 7.43. The van der Waals surface area contributed by atoms with Gasteiger partial charge in [-0.15, -0.1) is 0 Å². The molecule has 2 unspecified atom stereocenters. The summed E-state index contributed by atoms with van der Waals surface area (Å²) in [4.78, 5) is 13.1. The Labute approximate surface area is 124 Å². The number of rotatable bonds is 6. The predicted octanol–water partition coefficient (Wildman–Crippen LogP) is 2.23. The maximum atomic E-state index is 11.1. The molecule has 6 heteroatoms. The van der Waals surface area contributed by atoms with E-state index in [0.717, 1.165) is 25.1 Å². The first kappa shape index (κ1) is 15.7. The molecule has 2 atom stereocenters. The summed E-state index contributed by atoms with van der Waals surface area (Å²) in [6.45, 7) is 6.84. The van der Waals surface area contributed by atoms with Crippen molar-refractivity contribution < 1.29 is 10.0 Å². The van der Waals surface area contributed by atoms with Crippen LogP contribution in [0.4, 0.5) is 11.4 Å². The number of aliphatic hydroxyl groups is 1. The van der Waals surface area contributed by atoms with Crippen LogP contribution in [-0.4, -0.2) is 40.7 Å². The molecule has 0 aliphatic carbocycles. The Kier molecular flexibility index (Phi) is 5.14. The fraction of sp³-hybridized carbons (Fsp3) is 0.600. The van der Waals surface area contributed by atoms with Crippen molar-refractivity contribution in [1.82, 2.24) is 4.90 Å². The van der Waals surface area contributed by atoms with E-state index in [4.69, 9.17) is 0 Å². The van der Waals surface area contributed by atoms with E-state index in [9.17, 15) is 15.2 Å². The second-order valence-electron chi connectivity index (χ2n) is 5.62. The Morgan fingerprint density at radius 3 is 2.90 bits per heavy atom. The van der Waals surface area contributed by atoms with Crippen molar-refractivity contribution in [3.63, 3.8) is 0 Å². The number of likely N-dealkylation sites (tertiary alicyclic amines) is 1. The molecule has 1 aromatic rings. The SMILES string of the molecule is CCNc1c(CN2CCC(C(C)O)C2)cccc1[N+](=O)[O-]. The van der Waals surface area contributed by atoms with Gasteiger partial charge in [-0.25, -0.2) is 0 Å². The van der Waals surface area contributed by atoms with Crippen LogP contribution in [0, 0.1) is 16.0 Å². The fourth-order valence-electron chi connectivity index (χ4n) is 2.89. The lowest BCUT2D eigenvalue weighted by molar-refractivity contribution is -0.384. The molecule has 0 spiro atoms. The van der Waals surface area contributed by atoms with Gasteiger partial charge in [0, 0.05) is 25.7 Å². The van der Waals surface area contributed by atoms with Crippen molar-refractivity contribution in [2.75, 3.05) is 25.0 Å². The van der Waals surface area contributed by atoms with Gasteiger partial charge < -0.3 is 10.4 Å². The molecule has 0 radical (unpaired) electrons. The maximum Gasteiger partial charge on any atom is 0.292 e. The molecular weight excluding hydrogens is 270 g/mol. The number of nitro groups is 1. The van der Waals surface area contributed by atoms with Crippen molar-refractivity contribution in [3.05, 3.63) is 33.9 Å². The minimum atomic E-state index is -0.343. The third-order valence-corrected chi connectivity index (χ3v) is 4.06. The van der Waals surface area contributed by atoms with Crippen LogP contribution in [0.15, 0.2) is 18.2 Å². The molecule has 1 aliphatic heterocycles. The van der Waals surface area contributed by atoms with Gasteiger partial charge in [0.1, 0.15) is 5.69 Å². The second kappa shape index (κ2) is 6.87. The van der Waals surface area contributed by atoms with Crippen molar-refractivity contribution in [1.29, 1.82) is 0 Å². The molecule has 1 aliphatic rings. The summed E-state index contributed by atoms with van der Waals surface area (Å²) in [5.74, 6) is 0.297. The van der Waals surface area contributed by atoms with Gasteiger partial charge in [0.15, 0.2) is 0 Å². The van der Waals surface area contributed by atoms with Gasteiger partial charge in [-0.2, -0.15) is 0 Å². The third kappa shape index (κ3) is 3.71. The molecule has 6 nitrogen and oxygen atoms in total. The van der Waals surface area contributed by atoms with E-state index in [1.165, 1.54) is 6.07 Å². The Balaban J connectivity index is 2.16. The number of aliphatic hydroxyl groups excluding tert-OH is 1. The molecule has 1 heterocycles. The molecule has 0 amide bonds. The number of benzene rings is 1. The zero-order chi connectivity index (χ0) is 15.4. The summed E-state index contributed by atoms with van der Waals surface area (Å²) in [7, 11) is 0. The molecule has 0 aromatic heterocycles. The Morgan fingerprint density at radius 2 is 2.33 bits per heavy atom. The number of hydrogen-bond donors (Lipinski definition) is 2. The zero-order valence-corrected chi connectivity index (χ0v) is 12.6. The highest BCUT2D eigenvalue weighted by atomic mass is 16.6. The Hall–Kier alpha value is -1.66. The molecular formula is C15H23N3O3. The van der Waals surface area contributed by atoms with Crippen LogP contribution < -0.4 is 5.32 Å². The van der Waals surface area contributed by atoms with Gasteiger partial charge in [0.05, 0.1) is 11.0 Å². The third-order valence-electron chi connectivity index (χ3n) is 4.06. The summed E-state index contributed by atoms with van der Waals surface area (Å²) in [6.07, 6.45) is 0.678. The molecule has 0 bridgehead atoms. The molecule has 116 valence electrons. The largest absolute Gasteiger partial charge is 0.393 e. The lowest BCUT2D eigenvalue weighted by Gasteiger charge is -2.19. The van der Waals surface area contributed by atoms with Crippen molar-refractivity contribution in [3.8, 4) is 0 Å². The first-order chi connectivity index (χ1) is 10.0. The van der Waals surface area contributed by atoms with Crippen LogP contribution in [0.5, 0.6) is 0 Å². The zero-order valence-electron chi connectivity index (χ0n) is 12.6. The normalized spacial score (nSPS) is 20.4. The summed E-state index contributed by atoms with van der Waals surface area (Å²) >= 11 is 0. The van der Waals surface area contributed by atoms with Crippen LogP contribution in [0.2, 0.25) is 0 Å². The topological polar surface area (TPSA) is 78.6 Å². The molecule has 1 fully saturated rings. The average molecular weight is 293 g/mol. The minimum absolute atomic E-state index is 0.126. The molecule has 21 heavy (non-hydrogen) atoms. The number of para-hydroxylation sites is 1. The van der Waals surface area contributed by atoms with Crippen LogP contribution in [0.3, 0.4) is 0 Å². The Bertz CT molecular complexity index is 505. The number of nitro benzene ring substituents is 1. The standard InChI is InChI=1S/C15H23N3O3/c1-3-16-15-13(5-4-6-14(15)18(20)21)10-17-8-7-12(9-17)11(2)19/h4-6,11-12,16,19H,3,7-10H2,1-2H3. The van der Waals surface area contributed by atoms with Crippen molar-refractivity contribution >= 4 is 11.4 Å². The van der Waals surface area contributed by atoms with E-state index in [0.29, 0.717) is 24.7 Å². The number of nitrogens with one attached hydrogen (secondary N) is 1. The molecule has 2 N–H and O–H groups in total. The second-order valence-corrected chi connectivity index (χ2v) is 5.62. The van der Waals surface area contributed by atoms with E-state index >= 15 is 0 Å². The summed E-state index contributed by atoms with van der Waals surface area (Å²) in [6, 6.07) is 5.20. The van der Waals surface area contributed by atoms with Gasteiger partial charge in [-0.1, -0.05) is 12.1 Å². The smallest absolute Gasteiger partial charge is 0.292 e. The van der Waals surface area contributed by atoms with E-state index in [-0.39, 0.29) is 16.7 Å². The van der Waals surface area contributed by atoms with Gasteiger partial charge in [0.2, 0.25) is 0 Å². The van der Waals surface area contributed by atoms with E-state index < -0.39 is 0 Å². The number of hydrogen-bond acceptors (Lipinski definition) is 5. The van der Waals surface area contributed by atoms with Gasteiger partial charge >= 0.3 is 0 Å². The van der Waals surface area contributed by atoms with Gasteiger partial charge in [-0.3, -0.25) is 15.0 Å². The van der Waals surface area contributed by atoms with E-state index in [1.54, 1.807) is 6.07 Å². The van der Waals surface area contributed by atoms with Crippen LogP contribution in [0.1, 0.15) is 25.8 Å². The molecule has 1 aromatic carbocycles. The minimum Gasteiger partial charge on any atom is -0.393 e. The number of anilines is 1. The average Bonchev–Trinajstić information content (AvgIpc) is 2.89. The van der Waals surface area contributed by atoms with E-state index in [2.05, 4.69) is 10.2 Å². The van der Waals surface area contributed by atoms with Crippen molar-refractivity contribution in [2.24, 2.45) is 5.92 Å². The highest BCUT2D eigenvalue weighted by Crippen LogP contribution is 2.30. The highest BCUT2D eigenvalue weighted by molar-refractivity contribution is 5.66. The van der Waals surface area contributed by atoms with Crippen LogP contribution in [0.25, 0.3) is 0 Å². The van der Waals surface area contributed by atoms with Crippen LogP contribution >= 0.6 is 0 Å². The lowest BCUT2D eigenvalue weighted by Crippen LogP contribution is -2.24. The molecule has 1 saturated heterocycles. The molecule has 2 rings (SSSR count). The van der Waals surface area contributed by atoms with E-state index in [1.807, 2.05) is 19.9 Å². The summed E-state index contributed by atoms with van der Waals surface area (Å²) in [5, 5.41) is 23.9. The van der Waals surface area contributed by atoms with Crippen LogP contribution in [-0.2, 0) is 6.54 Å². The molecule has 0 saturated carbocycles. The van der Waals surface area contributed by atoms with Gasteiger partial charge in [0.25, 0.3) is 5.69 Å². The Morgan fingerprint density at radius 1 is 1.57 bits per heavy atom. The summed E-state index contributed by atoms with van der Waals surface area (Å²) in [5.41, 5.74) is 1.68. The highest BCUT2D eigenvalue weighted by Gasteiger charge is 2.27. The fourth-order valence-corrected chi connectivity index (χ4v) is 2.89. The predicted molar refractivity (Wildman–Crippen MR) is 82.3 cm³/mol.